The Morgan fingerprint density at radius 3 is 2.29 bits per heavy atom. The van der Waals surface area contributed by atoms with Crippen molar-refractivity contribution in [3.63, 3.8) is 0 Å². The van der Waals surface area contributed by atoms with Crippen molar-refractivity contribution in [1.29, 1.82) is 0 Å². The molecule has 0 bridgehead atoms. The van der Waals surface area contributed by atoms with E-state index in [0.717, 1.165) is 5.75 Å². The number of ether oxygens (including phenoxy) is 2. The van der Waals surface area contributed by atoms with Gasteiger partial charge in [-0.3, -0.25) is 9.52 Å². The lowest BCUT2D eigenvalue weighted by Crippen LogP contribution is -2.28. The number of hydrogen-bond acceptors (Lipinski definition) is 5. The van der Waals surface area contributed by atoms with Crippen LogP contribution in [0.1, 0.15) is 15.9 Å². The van der Waals surface area contributed by atoms with Crippen LogP contribution in [0.3, 0.4) is 0 Å². The minimum Gasteiger partial charge on any atom is -0.497 e. The first-order valence-electron chi connectivity index (χ1n) is 9.62. The van der Waals surface area contributed by atoms with Crippen LogP contribution in [-0.4, -0.2) is 34.6 Å². The molecule has 1 amide bonds. The minimum atomic E-state index is -3.75. The maximum atomic E-state index is 12.6. The lowest BCUT2D eigenvalue weighted by Gasteiger charge is -2.13. The molecule has 0 aliphatic heterocycles. The average Bonchev–Trinajstić information content (AvgIpc) is 2.79. The third kappa shape index (κ3) is 5.99. The maximum absolute atomic E-state index is 12.6. The van der Waals surface area contributed by atoms with Gasteiger partial charge in [0, 0.05) is 5.56 Å². The summed E-state index contributed by atoms with van der Waals surface area (Å²) in [7, 11) is -2.15. The van der Waals surface area contributed by atoms with Crippen molar-refractivity contribution in [1.82, 2.24) is 5.32 Å². The van der Waals surface area contributed by atoms with Gasteiger partial charge in [-0.05, 0) is 61.0 Å². The lowest BCUT2D eigenvalue weighted by molar-refractivity contribution is 0.0947. The number of methoxy groups -OCH3 is 1. The van der Waals surface area contributed by atoms with Gasteiger partial charge in [-0.1, -0.05) is 24.3 Å². The molecule has 0 spiro atoms. The highest BCUT2D eigenvalue weighted by Gasteiger charge is 2.16. The van der Waals surface area contributed by atoms with Crippen LogP contribution < -0.4 is 19.5 Å². The number of carbonyl (C=O) groups is 1. The third-order valence-corrected chi connectivity index (χ3v) is 5.89. The average molecular weight is 441 g/mol. The van der Waals surface area contributed by atoms with Crippen molar-refractivity contribution in [3.05, 3.63) is 83.9 Å². The van der Waals surface area contributed by atoms with E-state index in [2.05, 4.69) is 10.0 Å². The summed E-state index contributed by atoms with van der Waals surface area (Å²) in [4.78, 5) is 12.6. The zero-order chi connectivity index (χ0) is 22.3. The number of carbonyl (C=O) groups excluding carboxylic acids is 1. The van der Waals surface area contributed by atoms with E-state index in [9.17, 15) is 13.2 Å². The molecule has 7 nitrogen and oxygen atoms in total. The molecule has 0 aromatic heterocycles. The second-order valence-electron chi connectivity index (χ2n) is 6.73. The SMILES string of the molecule is COc1ccc(OCCNC(=O)c2ccc(C)c(NS(=O)(=O)c3ccccc3)c2)cc1. The van der Waals surface area contributed by atoms with E-state index in [1.807, 2.05) is 0 Å². The molecule has 0 atom stereocenters. The molecule has 162 valence electrons. The number of anilines is 1. The van der Waals surface area contributed by atoms with Crippen molar-refractivity contribution in [2.45, 2.75) is 11.8 Å². The van der Waals surface area contributed by atoms with Crippen LogP contribution in [0.15, 0.2) is 77.7 Å². The van der Waals surface area contributed by atoms with Crippen molar-refractivity contribution in [2.75, 3.05) is 25.0 Å². The van der Waals surface area contributed by atoms with Crippen LogP contribution >= 0.6 is 0 Å². The van der Waals surface area contributed by atoms with Crippen LogP contribution in [0.4, 0.5) is 5.69 Å². The van der Waals surface area contributed by atoms with Gasteiger partial charge in [0.05, 0.1) is 24.2 Å². The van der Waals surface area contributed by atoms with Crippen molar-refractivity contribution in [3.8, 4) is 11.5 Å². The van der Waals surface area contributed by atoms with Crippen molar-refractivity contribution < 1.29 is 22.7 Å². The predicted octanol–water partition coefficient (Wildman–Crippen LogP) is 3.61. The largest absolute Gasteiger partial charge is 0.497 e. The zero-order valence-corrected chi connectivity index (χ0v) is 18.1. The van der Waals surface area contributed by atoms with Crippen molar-refractivity contribution in [2.24, 2.45) is 0 Å². The van der Waals surface area contributed by atoms with Gasteiger partial charge in [-0.15, -0.1) is 0 Å². The summed E-state index contributed by atoms with van der Waals surface area (Å²) in [5, 5.41) is 2.77. The fourth-order valence-corrected chi connectivity index (χ4v) is 3.93. The molecule has 0 saturated heterocycles. The summed E-state index contributed by atoms with van der Waals surface area (Å²) in [5.41, 5.74) is 1.41. The first-order chi connectivity index (χ1) is 14.9. The van der Waals surface area contributed by atoms with Gasteiger partial charge in [-0.2, -0.15) is 0 Å². The van der Waals surface area contributed by atoms with E-state index >= 15 is 0 Å². The molecule has 8 heteroatoms. The predicted molar refractivity (Wildman–Crippen MR) is 119 cm³/mol. The molecule has 0 radical (unpaired) electrons. The Hall–Kier alpha value is -3.52. The Morgan fingerprint density at radius 1 is 0.935 bits per heavy atom. The van der Waals surface area contributed by atoms with E-state index in [-0.39, 0.29) is 17.4 Å². The molecule has 31 heavy (non-hydrogen) atoms. The monoisotopic (exact) mass is 440 g/mol. The summed E-state index contributed by atoms with van der Waals surface area (Å²) in [6.45, 7) is 2.36. The third-order valence-electron chi connectivity index (χ3n) is 4.51. The number of benzene rings is 3. The second-order valence-corrected chi connectivity index (χ2v) is 8.41. The summed E-state index contributed by atoms with van der Waals surface area (Å²) < 4.78 is 38.4. The van der Waals surface area contributed by atoms with Gasteiger partial charge in [0.25, 0.3) is 15.9 Å². The van der Waals surface area contributed by atoms with E-state index < -0.39 is 10.0 Å². The maximum Gasteiger partial charge on any atom is 0.261 e. The van der Waals surface area contributed by atoms with Crippen LogP contribution in [-0.2, 0) is 10.0 Å². The Labute approximate surface area is 182 Å². The standard InChI is InChI=1S/C23H24N2O5S/c1-17-8-9-18(16-22(17)25-31(27,28)21-6-4-3-5-7-21)23(26)24-14-15-30-20-12-10-19(29-2)11-13-20/h3-13,16,25H,14-15H2,1-2H3,(H,24,26). The number of aryl methyl sites for hydroxylation is 1. The van der Waals surface area contributed by atoms with Gasteiger partial charge in [0.2, 0.25) is 0 Å². The van der Waals surface area contributed by atoms with E-state index in [0.29, 0.717) is 29.1 Å². The van der Waals surface area contributed by atoms with Crippen LogP contribution in [0.25, 0.3) is 0 Å². The van der Waals surface area contributed by atoms with Gasteiger partial charge >= 0.3 is 0 Å². The minimum absolute atomic E-state index is 0.153. The van der Waals surface area contributed by atoms with E-state index in [1.165, 1.54) is 18.2 Å². The normalized spacial score (nSPS) is 10.9. The van der Waals surface area contributed by atoms with Gasteiger partial charge in [-0.25, -0.2) is 8.42 Å². The fourth-order valence-electron chi connectivity index (χ4n) is 2.78. The Kier molecular flexibility index (Phi) is 7.15. The molecule has 0 aliphatic carbocycles. The quantitative estimate of drug-likeness (QED) is 0.496. The molecular formula is C23H24N2O5S. The highest BCUT2D eigenvalue weighted by molar-refractivity contribution is 7.92. The topological polar surface area (TPSA) is 93.7 Å². The highest BCUT2D eigenvalue weighted by atomic mass is 32.2. The molecule has 2 N–H and O–H groups in total. The van der Waals surface area contributed by atoms with E-state index in [1.54, 1.807) is 68.6 Å². The van der Waals surface area contributed by atoms with Crippen molar-refractivity contribution >= 4 is 21.6 Å². The van der Waals surface area contributed by atoms with Crippen LogP contribution in [0.2, 0.25) is 0 Å². The fraction of sp³-hybridized carbons (Fsp3) is 0.174. The second kappa shape index (κ2) is 9.99. The summed E-state index contributed by atoms with van der Waals surface area (Å²) in [6.07, 6.45) is 0. The number of nitrogens with one attached hydrogen (secondary N) is 2. The lowest BCUT2D eigenvalue weighted by atomic mass is 10.1. The molecular weight excluding hydrogens is 416 g/mol. The molecule has 0 saturated carbocycles. The van der Waals surface area contributed by atoms with E-state index in [4.69, 9.17) is 9.47 Å². The smallest absolute Gasteiger partial charge is 0.261 e. The van der Waals surface area contributed by atoms with Crippen LogP contribution in [0, 0.1) is 6.92 Å². The van der Waals surface area contributed by atoms with Gasteiger partial charge in [0.1, 0.15) is 18.1 Å². The zero-order valence-electron chi connectivity index (χ0n) is 17.3. The summed E-state index contributed by atoms with van der Waals surface area (Å²) in [5.74, 6) is 1.08. The Balaban J connectivity index is 1.59. The molecule has 0 fully saturated rings. The van der Waals surface area contributed by atoms with Crippen LogP contribution in [0.5, 0.6) is 11.5 Å². The summed E-state index contributed by atoms with van der Waals surface area (Å²) in [6, 6.07) is 20.1. The summed E-state index contributed by atoms with van der Waals surface area (Å²) >= 11 is 0. The molecule has 3 rings (SSSR count). The number of amides is 1. The molecule has 3 aromatic carbocycles. The molecule has 0 heterocycles. The molecule has 3 aromatic rings. The number of rotatable bonds is 9. The van der Waals surface area contributed by atoms with Gasteiger partial charge < -0.3 is 14.8 Å². The molecule has 0 unspecified atom stereocenters. The Bertz CT molecular complexity index is 1130. The number of hydrogen-bond donors (Lipinski definition) is 2. The highest BCUT2D eigenvalue weighted by Crippen LogP contribution is 2.21. The first-order valence-corrected chi connectivity index (χ1v) is 11.1. The molecule has 0 aliphatic rings. The first kappa shape index (κ1) is 22.2. The van der Waals surface area contributed by atoms with Gasteiger partial charge in [0.15, 0.2) is 0 Å². The Morgan fingerprint density at radius 2 is 1.61 bits per heavy atom. The number of sulfonamides is 1.